The predicted molar refractivity (Wildman–Crippen MR) is 106 cm³/mol. The maximum Gasteiger partial charge on any atom is 0.258 e. The second-order valence-electron chi connectivity index (χ2n) is 6.02. The van der Waals surface area contributed by atoms with E-state index >= 15 is 0 Å². The van der Waals surface area contributed by atoms with Gasteiger partial charge in [-0.1, -0.05) is 25.1 Å². The van der Waals surface area contributed by atoms with Gasteiger partial charge in [0.1, 0.15) is 0 Å². The summed E-state index contributed by atoms with van der Waals surface area (Å²) in [4.78, 5) is 32.1. The SMILES string of the molecule is CCc1ccccc1NC(=O)c1cnc(Nc2ccc(C(C)=O)cc2)nc1. The first-order valence-corrected chi connectivity index (χ1v) is 8.66. The summed E-state index contributed by atoms with van der Waals surface area (Å²) in [5.74, 6) is 0.127. The molecule has 0 aliphatic heterocycles. The number of carbonyl (C=O) groups excluding carboxylic acids is 2. The van der Waals surface area contributed by atoms with Gasteiger partial charge in [0.15, 0.2) is 5.78 Å². The van der Waals surface area contributed by atoms with Gasteiger partial charge in [0, 0.05) is 29.3 Å². The van der Waals surface area contributed by atoms with Crippen LogP contribution in [0.4, 0.5) is 17.3 Å². The maximum absolute atomic E-state index is 12.4. The van der Waals surface area contributed by atoms with Gasteiger partial charge in [-0.05, 0) is 49.2 Å². The van der Waals surface area contributed by atoms with Crippen molar-refractivity contribution in [1.29, 1.82) is 0 Å². The molecule has 6 heteroatoms. The lowest BCUT2D eigenvalue weighted by atomic mass is 10.1. The zero-order chi connectivity index (χ0) is 19.2. The van der Waals surface area contributed by atoms with Crippen molar-refractivity contribution < 1.29 is 9.59 Å². The molecule has 0 saturated carbocycles. The van der Waals surface area contributed by atoms with E-state index in [0.717, 1.165) is 23.4 Å². The molecule has 3 rings (SSSR count). The Hall–Kier alpha value is -3.54. The average Bonchev–Trinajstić information content (AvgIpc) is 2.69. The fraction of sp³-hybridized carbons (Fsp3) is 0.143. The van der Waals surface area contributed by atoms with Gasteiger partial charge < -0.3 is 10.6 Å². The second kappa shape index (κ2) is 8.23. The summed E-state index contributed by atoms with van der Waals surface area (Å²) in [6, 6.07) is 14.7. The van der Waals surface area contributed by atoms with E-state index in [1.165, 1.54) is 19.3 Å². The van der Waals surface area contributed by atoms with E-state index in [2.05, 4.69) is 20.6 Å². The summed E-state index contributed by atoms with van der Waals surface area (Å²) in [5.41, 5.74) is 3.63. The standard InChI is InChI=1S/C21H20N4O2/c1-3-15-6-4-5-7-19(15)25-20(27)17-12-22-21(23-13-17)24-18-10-8-16(9-11-18)14(2)26/h4-13H,3H2,1-2H3,(H,25,27)(H,22,23,24). The van der Waals surface area contributed by atoms with Crippen LogP contribution < -0.4 is 10.6 Å². The molecule has 1 heterocycles. The molecule has 1 amide bonds. The van der Waals surface area contributed by atoms with Gasteiger partial charge in [-0.3, -0.25) is 9.59 Å². The van der Waals surface area contributed by atoms with Gasteiger partial charge in [0.2, 0.25) is 5.95 Å². The van der Waals surface area contributed by atoms with E-state index in [0.29, 0.717) is 17.1 Å². The van der Waals surface area contributed by atoms with E-state index in [-0.39, 0.29) is 11.7 Å². The third-order valence-electron chi connectivity index (χ3n) is 4.11. The minimum atomic E-state index is -0.256. The van der Waals surface area contributed by atoms with Crippen molar-refractivity contribution in [3.05, 3.63) is 77.6 Å². The number of benzene rings is 2. The third kappa shape index (κ3) is 4.55. The van der Waals surface area contributed by atoms with Gasteiger partial charge in [-0.2, -0.15) is 0 Å². The number of amides is 1. The Morgan fingerprint density at radius 1 is 0.926 bits per heavy atom. The van der Waals surface area contributed by atoms with Crippen LogP contribution in [0.3, 0.4) is 0 Å². The number of carbonyl (C=O) groups is 2. The zero-order valence-electron chi connectivity index (χ0n) is 15.2. The lowest BCUT2D eigenvalue weighted by Gasteiger charge is -2.10. The molecule has 2 N–H and O–H groups in total. The van der Waals surface area contributed by atoms with Crippen LogP contribution in [0.5, 0.6) is 0 Å². The van der Waals surface area contributed by atoms with Crippen molar-refractivity contribution in [2.75, 3.05) is 10.6 Å². The Balaban J connectivity index is 1.67. The number of aryl methyl sites for hydroxylation is 1. The highest BCUT2D eigenvalue weighted by atomic mass is 16.1. The van der Waals surface area contributed by atoms with Gasteiger partial charge >= 0.3 is 0 Å². The lowest BCUT2D eigenvalue weighted by Crippen LogP contribution is -2.14. The first-order chi connectivity index (χ1) is 13.1. The summed E-state index contributed by atoms with van der Waals surface area (Å²) in [6.45, 7) is 3.56. The molecular formula is C21H20N4O2. The molecule has 6 nitrogen and oxygen atoms in total. The van der Waals surface area contributed by atoms with Crippen LogP contribution in [0.25, 0.3) is 0 Å². The third-order valence-corrected chi connectivity index (χ3v) is 4.11. The van der Waals surface area contributed by atoms with E-state index in [4.69, 9.17) is 0 Å². The Morgan fingerprint density at radius 3 is 2.22 bits per heavy atom. The number of nitrogens with zero attached hydrogens (tertiary/aromatic N) is 2. The molecule has 2 aromatic carbocycles. The van der Waals surface area contributed by atoms with Crippen LogP contribution in [0.15, 0.2) is 60.9 Å². The zero-order valence-corrected chi connectivity index (χ0v) is 15.2. The Bertz CT molecular complexity index is 951. The fourth-order valence-electron chi connectivity index (χ4n) is 2.57. The van der Waals surface area contributed by atoms with E-state index in [9.17, 15) is 9.59 Å². The Morgan fingerprint density at radius 2 is 1.59 bits per heavy atom. The summed E-state index contributed by atoms with van der Waals surface area (Å²) in [7, 11) is 0. The Labute approximate surface area is 157 Å². The van der Waals surface area contributed by atoms with Gasteiger partial charge in [-0.15, -0.1) is 0 Å². The summed E-state index contributed by atoms with van der Waals surface area (Å²) < 4.78 is 0. The quantitative estimate of drug-likeness (QED) is 0.643. The molecule has 1 aromatic heterocycles. The fourth-order valence-corrected chi connectivity index (χ4v) is 2.57. The van der Waals surface area contributed by atoms with E-state index in [1.54, 1.807) is 24.3 Å². The summed E-state index contributed by atoms with van der Waals surface area (Å²) in [5, 5.41) is 5.93. The lowest BCUT2D eigenvalue weighted by molar-refractivity contribution is 0.101. The number of nitrogens with one attached hydrogen (secondary N) is 2. The molecule has 0 atom stereocenters. The number of hydrogen-bond acceptors (Lipinski definition) is 5. The average molecular weight is 360 g/mol. The minimum Gasteiger partial charge on any atom is -0.324 e. The van der Waals surface area contributed by atoms with Gasteiger partial charge in [0.25, 0.3) is 5.91 Å². The molecule has 0 radical (unpaired) electrons. The maximum atomic E-state index is 12.4. The molecular weight excluding hydrogens is 340 g/mol. The van der Waals surface area contributed by atoms with Crippen molar-refractivity contribution in [1.82, 2.24) is 9.97 Å². The van der Waals surface area contributed by atoms with Crippen molar-refractivity contribution in [3.63, 3.8) is 0 Å². The molecule has 0 spiro atoms. The normalized spacial score (nSPS) is 10.3. The van der Waals surface area contributed by atoms with Crippen LogP contribution >= 0.6 is 0 Å². The topological polar surface area (TPSA) is 84.0 Å². The molecule has 0 aliphatic rings. The highest BCUT2D eigenvalue weighted by Crippen LogP contribution is 2.17. The number of ketones is 1. The molecule has 27 heavy (non-hydrogen) atoms. The second-order valence-corrected chi connectivity index (χ2v) is 6.02. The van der Waals surface area contributed by atoms with Crippen molar-refractivity contribution in [3.8, 4) is 0 Å². The summed E-state index contributed by atoms with van der Waals surface area (Å²) in [6.07, 6.45) is 3.78. The number of rotatable bonds is 6. The molecule has 0 fully saturated rings. The van der Waals surface area contributed by atoms with Gasteiger partial charge in [-0.25, -0.2) is 9.97 Å². The predicted octanol–water partition coefficient (Wildman–Crippen LogP) is 4.24. The first-order valence-electron chi connectivity index (χ1n) is 8.66. The molecule has 0 bridgehead atoms. The van der Waals surface area contributed by atoms with E-state index in [1.807, 2.05) is 31.2 Å². The first kappa shape index (κ1) is 18.3. The number of para-hydroxylation sites is 1. The molecule has 0 aliphatic carbocycles. The van der Waals surface area contributed by atoms with Crippen molar-refractivity contribution in [2.45, 2.75) is 20.3 Å². The smallest absolute Gasteiger partial charge is 0.258 e. The largest absolute Gasteiger partial charge is 0.324 e. The highest BCUT2D eigenvalue weighted by molar-refractivity contribution is 6.04. The van der Waals surface area contributed by atoms with E-state index < -0.39 is 0 Å². The van der Waals surface area contributed by atoms with Crippen LogP contribution in [-0.2, 0) is 6.42 Å². The van der Waals surface area contributed by atoms with Crippen LogP contribution in [0, 0.1) is 0 Å². The van der Waals surface area contributed by atoms with Crippen LogP contribution in [-0.4, -0.2) is 21.7 Å². The monoisotopic (exact) mass is 360 g/mol. The van der Waals surface area contributed by atoms with Crippen LogP contribution in [0.1, 0.15) is 40.1 Å². The van der Waals surface area contributed by atoms with Gasteiger partial charge in [0.05, 0.1) is 5.56 Å². The van der Waals surface area contributed by atoms with Crippen molar-refractivity contribution in [2.24, 2.45) is 0 Å². The molecule has 136 valence electrons. The highest BCUT2D eigenvalue weighted by Gasteiger charge is 2.10. The minimum absolute atomic E-state index is 0.0119. The van der Waals surface area contributed by atoms with Crippen LogP contribution in [0.2, 0.25) is 0 Å². The molecule has 0 unspecified atom stereocenters. The summed E-state index contributed by atoms with van der Waals surface area (Å²) >= 11 is 0. The molecule has 3 aromatic rings. The number of aromatic nitrogens is 2. The number of anilines is 3. The Kier molecular flexibility index (Phi) is 5.56. The number of hydrogen-bond donors (Lipinski definition) is 2. The number of Topliss-reactive ketones (excluding diaryl/α,β-unsaturated/α-hetero) is 1. The van der Waals surface area contributed by atoms with Crippen molar-refractivity contribution >= 4 is 29.0 Å². The molecule has 0 saturated heterocycles.